The maximum atomic E-state index is 14.1. The van der Waals surface area contributed by atoms with Gasteiger partial charge in [-0.1, -0.05) is 12.1 Å². The van der Waals surface area contributed by atoms with Crippen LogP contribution < -0.4 is 20.4 Å². The molecule has 54 heavy (non-hydrogen) atoms. The van der Waals surface area contributed by atoms with Crippen LogP contribution in [-0.2, 0) is 15.8 Å². The molecule has 0 spiro atoms. The van der Waals surface area contributed by atoms with Crippen molar-refractivity contribution in [1.29, 1.82) is 0 Å². The Morgan fingerprint density at radius 3 is 2.50 bits per heavy atom. The van der Waals surface area contributed by atoms with Crippen LogP contribution in [0.15, 0.2) is 54.7 Å². The quantitative estimate of drug-likeness (QED) is 0.155. The van der Waals surface area contributed by atoms with Gasteiger partial charge in [0.1, 0.15) is 17.4 Å². The molecule has 1 atom stereocenters. The van der Waals surface area contributed by atoms with E-state index in [-0.39, 0.29) is 29.6 Å². The first-order chi connectivity index (χ1) is 25.8. The number of alkyl halides is 5. The molecule has 2 aromatic heterocycles. The molecule has 3 aliphatic heterocycles. The Kier molecular flexibility index (Phi) is 9.26. The van der Waals surface area contributed by atoms with Gasteiger partial charge in [0.25, 0.3) is 12.3 Å². The number of likely N-dealkylation sites (tertiary alicyclic amines) is 1. The van der Waals surface area contributed by atoms with E-state index >= 15 is 0 Å². The van der Waals surface area contributed by atoms with E-state index in [1.165, 1.54) is 17.7 Å². The van der Waals surface area contributed by atoms with Crippen LogP contribution in [0.4, 0.5) is 39.0 Å². The second-order valence-corrected chi connectivity index (χ2v) is 14.9. The van der Waals surface area contributed by atoms with Crippen LogP contribution >= 0.6 is 0 Å². The number of carbonyl (C=O) groups excluding carboxylic acids is 3. The zero-order chi connectivity index (χ0) is 37.9. The fraction of sp³-hybridized carbons (Fsp3) is 0.447. The van der Waals surface area contributed by atoms with Gasteiger partial charge >= 0.3 is 6.18 Å². The largest absolute Gasteiger partial charge is 0.433 e. The van der Waals surface area contributed by atoms with Crippen LogP contribution in [0.1, 0.15) is 84.2 Å². The van der Waals surface area contributed by atoms with Crippen molar-refractivity contribution in [3.63, 3.8) is 0 Å². The highest BCUT2D eigenvalue weighted by Crippen LogP contribution is 2.42. The van der Waals surface area contributed by atoms with Crippen molar-refractivity contribution in [1.82, 2.24) is 25.0 Å². The SMILES string of the molecule is CN1CN(C2CCC(=O)NC2=O)c2ccc(C3CN(CC4CCC(n5cc6cc(NC(=O)c7cccc(C(F)(F)F)n7)c(C(F)F)cc6n5)CC4)C3)cc21. The number of anilines is 3. The second kappa shape index (κ2) is 13.9. The Hall–Kier alpha value is -5.12. The molecule has 3 fully saturated rings. The highest BCUT2D eigenvalue weighted by atomic mass is 19.4. The Labute approximate surface area is 307 Å². The summed E-state index contributed by atoms with van der Waals surface area (Å²) >= 11 is 0. The topological polar surface area (TPSA) is 116 Å². The van der Waals surface area contributed by atoms with Crippen LogP contribution in [0.2, 0.25) is 0 Å². The summed E-state index contributed by atoms with van der Waals surface area (Å²) in [5.41, 5.74) is 1.25. The number of piperidine rings is 1. The average molecular weight is 751 g/mol. The summed E-state index contributed by atoms with van der Waals surface area (Å²) in [6.45, 7) is 3.54. The molecule has 8 rings (SSSR count). The number of imide groups is 1. The average Bonchev–Trinajstić information content (AvgIpc) is 3.69. The number of carbonyl (C=O) groups is 3. The molecule has 1 aliphatic carbocycles. The molecule has 0 bridgehead atoms. The molecule has 3 amide bonds. The summed E-state index contributed by atoms with van der Waals surface area (Å²) < 4.78 is 69.3. The maximum Gasteiger partial charge on any atom is 0.433 e. The minimum Gasteiger partial charge on any atom is -0.355 e. The van der Waals surface area contributed by atoms with Crippen LogP contribution in [0.3, 0.4) is 0 Å². The third kappa shape index (κ3) is 6.98. The first-order valence-corrected chi connectivity index (χ1v) is 18.1. The molecule has 4 aliphatic rings. The summed E-state index contributed by atoms with van der Waals surface area (Å²) in [4.78, 5) is 47.1. The standard InChI is InChI=1S/C38H39F5N8O3/c1-48-20-50(31-11-12-34(52)46-37(31)54)30-10-7-22(14-32(30)48)24-17-49(18-24)16-21-5-8-25(9-6-21)51-19-23-13-29(26(35(39)40)15-28(23)47-51)45-36(53)27-3-2-4-33(44-27)38(41,42)43/h2-4,7,10,13-15,19,21,24-25,31,35H,5-6,8-9,11-12,16-18,20H2,1H3,(H,45,53)(H,46,52,54). The zero-order valence-electron chi connectivity index (χ0n) is 29.5. The summed E-state index contributed by atoms with van der Waals surface area (Å²) in [6, 6.07) is 11.7. The van der Waals surface area contributed by atoms with E-state index in [0.29, 0.717) is 42.2 Å². The Morgan fingerprint density at radius 1 is 1.00 bits per heavy atom. The molecular weight excluding hydrogens is 711 g/mol. The number of benzene rings is 2. The first kappa shape index (κ1) is 35.9. The van der Waals surface area contributed by atoms with E-state index in [1.807, 2.05) is 11.7 Å². The van der Waals surface area contributed by atoms with E-state index in [2.05, 4.69) is 53.6 Å². The molecule has 0 radical (unpaired) electrons. The summed E-state index contributed by atoms with van der Waals surface area (Å²) in [6.07, 6.45) is -1.35. The van der Waals surface area contributed by atoms with Gasteiger partial charge in [0, 0.05) is 56.2 Å². The van der Waals surface area contributed by atoms with Gasteiger partial charge in [-0.25, -0.2) is 13.8 Å². The lowest BCUT2D eigenvalue weighted by Gasteiger charge is -2.43. The van der Waals surface area contributed by atoms with Crippen molar-refractivity contribution >= 4 is 45.7 Å². The van der Waals surface area contributed by atoms with Gasteiger partial charge in [-0.15, -0.1) is 0 Å². The second-order valence-electron chi connectivity index (χ2n) is 14.9. The normalized spacial score (nSPS) is 22.5. The zero-order valence-corrected chi connectivity index (χ0v) is 29.5. The molecular formula is C38H39F5N8O3. The van der Waals surface area contributed by atoms with E-state index in [4.69, 9.17) is 0 Å². The predicted molar refractivity (Wildman–Crippen MR) is 190 cm³/mol. The Bertz CT molecular complexity index is 2110. The van der Waals surface area contributed by atoms with Gasteiger partial charge in [-0.2, -0.15) is 18.3 Å². The van der Waals surface area contributed by atoms with Crippen LogP contribution in [0, 0.1) is 5.92 Å². The van der Waals surface area contributed by atoms with Crippen LogP contribution in [0.5, 0.6) is 0 Å². The first-order valence-electron chi connectivity index (χ1n) is 18.1. The van der Waals surface area contributed by atoms with Crippen LogP contribution in [0.25, 0.3) is 10.9 Å². The molecule has 284 valence electrons. The number of rotatable bonds is 8. The minimum atomic E-state index is -4.76. The highest BCUT2D eigenvalue weighted by Gasteiger charge is 2.38. The molecule has 2 N–H and O–H groups in total. The summed E-state index contributed by atoms with van der Waals surface area (Å²) in [7, 11) is 2.02. The number of amides is 3. The van der Waals surface area contributed by atoms with Crippen molar-refractivity contribution < 1.29 is 36.3 Å². The molecule has 5 heterocycles. The van der Waals surface area contributed by atoms with E-state index < -0.39 is 35.5 Å². The number of hydrogen-bond acceptors (Lipinski definition) is 8. The van der Waals surface area contributed by atoms with Gasteiger partial charge in [0.05, 0.1) is 35.3 Å². The van der Waals surface area contributed by atoms with Gasteiger partial charge in [0.15, 0.2) is 0 Å². The van der Waals surface area contributed by atoms with E-state index in [0.717, 1.165) is 74.9 Å². The monoisotopic (exact) mass is 750 g/mol. The van der Waals surface area contributed by atoms with E-state index in [1.54, 1.807) is 6.20 Å². The molecule has 1 saturated carbocycles. The van der Waals surface area contributed by atoms with Gasteiger partial charge in [-0.3, -0.25) is 24.4 Å². The third-order valence-corrected chi connectivity index (χ3v) is 11.3. The maximum absolute atomic E-state index is 14.1. The third-order valence-electron chi connectivity index (χ3n) is 11.3. The number of halogens is 5. The fourth-order valence-corrected chi connectivity index (χ4v) is 8.34. The number of aromatic nitrogens is 3. The molecule has 4 aromatic rings. The number of pyridine rings is 1. The molecule has 2 aromatic carbocycles. The smallest absolute Gasteiger partial charge is 0.355 e. The lowest BCUT2D eigenvalue weighted by atomic mass is 9.83. The van der Waals surface area contributed by atoms with Crippen molar-refractivity contribution in [2.75, 3.05) is 48.5 Å². The number of hydrogen-bond donors (Lipinski definition) is 2. The Balaban J connectivity index is 0.859. The van der Waals surface area contributed by atoms with Crippen LogP contribution in [-0.4, -0.2) is 76.8 Å². The van der Waals surface area contributed by atoms with Crippen molar-refractivity contribution in [2.24, 2.45) is 5.92 Å². The van der Waals surface area contributed by atoms with Gasteiger partial charge in [-0.05, 0) is 80.0 Å². The van der Waals surface area contributed by atoms with E-state index in [9.17, 15) is 36.3 Å². The Morgan fingerprint density at radius 2 is 1.78 bits per heavy atom. The fourth-order valence-electron chi connectivity index (χ4n) is 8.34. The predicted octanol–water partition coefficient (Wildman–Crippen LogP) is 6.49. The molecule has 16 heteroatoms. The van der Waals surface area contributed by atoms with Crippen molar-refractivity contribution in [2.45, 2.75) is 69.1 Å². The number of fused-ring (bicyclic) bond motifs is 2. The molecule has 2 saturated heterocycles. The highest BCUT2D eigenvalue weighted by molar-refractivity contribution is 6.04. The lowest BCUT2D eigenvalue weighted by molar-refractivity contribution is -0.141. The van der Waals surface area contributed by atoms with Gasteiger partial charge in [0.2, 0.25) is 11.8 Å². The molecule has 11 nitrogen and oxygen atoms in total. The lowest BCUT2D eigenvalue weighted by Crippen LogP contribution is -2.53. The van der Waals surface area contributed by atoms with Crippen molar-refractivity contribution in [3.05, 3.63) is 77.2 Å². The summed E-state index contributed by atoms with van der Waals surface area (Å²) in [5.74, 6) is -0.533. The number of nitrogens with one attached hydrogen (secondary N) is 2. The van der Waals surface area contributed by atoms with Gasteiger partial charge < -0.3 is 20.0 Å². The molecule has 1 unspecified atom stereocenters. The number of nitrogens with zero attached hydrogens (tertiary/aromatic N) is 6. The van der Waals surface area contributed by atoms with Crippen molar-refractivity contribution in [3.8, 4) is 0 Å². The minimum absolute atomic E-state index is 0.0864. The summed E-state index contributed by atoms with van der Waals surface area (Å²) in [5, 5.41) is 9.93.